The zero-order valence-electron chi connectivity index (χ0n) is 17.5. The highest BCUT2D eigenvalue weighted by Crippen LogP contribution is 2.29. The zero-order chi connectivity index (χ0) is 22.7. The molecule has 4 aromatic rings. The molecule has 0 fully saturated rings. The van der Waals surface area contributed by atoms with Crippen LogP contribution >= 0.6 is 11.3 Å². The number of nitro groups is 1. The molecule has 0 bridgehead atoms. The van der Waals surface area contributed by atoms with Crippen molar-refractivity contribution in [3.05, 3.63) is 99.9 Å². The van der Waals surface area contributed by atoms with Gasteiger partial charge in [-0.3, -0.25) is 24.9 Å². The van der Waals surface area contributed by atoms with E-state index in [2.05, 4.69) is 4.98 Å². The molecule has 1 aromatic heterocycles. The molecule has 1 heterocycles. The Morgan fingerprint density at radius 1 is 0.875 bits per heavy atom. The van der Waals surface area contributed by atoms with Crippen molar-refractivity contribution in [2.24, 2.45) is 0 Å². The average Bonchev–Trinajstić information content (AvgIpc) is 3.34. The van der Waals surface area contributed by atoms with Gasteiger partial charge in [-0.1, -0.05) is 42.5 Å². The molecule has 0 spiro atoms. The largest absolute Gasteiger partial charge is 0.272 e. The maximum Gasteiger partial charge on any atom is 0.272 e. The molecule has 0 aliphatic rings. The molecule has 0 unspecified atom stereocenters. The van der Waals surface area contributed by atoms with Gasteiger partial charge in [-0.2, -0.15) is 0 Å². The molecule has 0 saturated heterocycles. The monoisotopic (exact) mass is 444 g/mol. The van der Waals surface area contributed by atoms with Crippen LogP contribution in [0.25, 0.3) is 22.4 Å². The lowest BCUT2D eigenvalue weighted by molar-refractivity contribution is -0.384. The lowest BCUT2D eigenvalue weighted by Crippen LogP contribution is -2.41. The Bertz CT molecular complexity index is 1240. The number of aromatic nitrogens is 1. The third-order valence-electron chi connectivity index (χ3n) is 5.13. The normalized spacial score (nSPS) is 10.6. The number of nitrogens with zero attached hydrogens (tertiary/aromatic N) is 4. The summed E-state index contributed by atoms with van der Waals surface area (Å²) in [7, 11) is 3.47. The summed E-state index contributed by atoms with van der Waals surface area (Å²) in [5, 5.41) is 16.5. The Labute approximate surface area is 189 Å². The quantitative estimate of drug-likeness (QED) is 0.289. The van der Waals surface area contributed by atoms with Crippen LogP contribution in [0.3, 0.4) is 0 Å². The van der Waals surface area contributed by atoms with Gasteiger partial charge in [0.15, 0.2) is 0 Å². The van der Waals surface area contributed by atoms with E-state index in [1.807, 2.05) is 60.0 Å². The molecule has 4 rings (SSSR count). The molecular weight excluding hydrogens is 424 g/mol. The minimum atomic E-state index is -0.434. The van der Waals surface area contributed by atoms with Crippen LogP contribution in [0.2, 0.25) is 0 Å². The van der Waals surface area contributed by atoms with E-state index in [4.69, 9.17) is 0 Å². The first-order valence-corrected chi connectivity index (χ1v) is 10.7. The summed E-state index contributed by atoms with van der Waals surface area (Å²) >= 11 is 1.39. The molecule has 0 radical (unpaired) electrons. The van der Waals surface area contributed by atoms with Crippen LogP contribution < -0.4 is 5.01 Å². The number of amides is 1. The van der Waals surface area contributed by atoms with Crippen LogP contribution in [-0.2, 0) is 0 Å². The maximum atomic E-state index is 13.0. The third kappa shape index (κ3) is 4.35. The van der Waals surface area contributed by atoms with Gasteiger partial charge >= 0.3 is 0 Å². The Morgan fingerprint density at radius 3 is 2.09 bits per heavy atom. The Hall–Kier alpha value is -4.04. The van der Waals surface area contributed by atoms with E-state index in [1.54, 1.807) is 31.2 Å². The van der Waals surface area contributed by atoms with E-state index >= 15 is 0 Å². The van der Waals surface area contributed by atoms with Gasteiger partial charge < -0.3 is 0 Å². The molecule has 0 N–H and O–H groups in total. The number of hydrogen-bond acceptors (Lipinski definition) is 6. The van der Waals surface area contributed by atoms with Crippen LogP contribution in [0.4, 0.5) is 10.8 Å². The summed E-state index contributed by atoms with van der Waals surface area (Å²) in [5.41, 5.74) is 4.22. The second kappa shape index (κ2) is 8.99. The van der Waals surface area contributed by atoms with E-state index in [0.717, 1.165) is 16.7 Å². The smallest absolute Gasteiger partial charge is 0.267 e. The van der Waals surface area contributed by atoms with E-state index in [0.29, 0.717) is 16.4 Å². The first-order chi connectivity index (χ1) is 15.4. The molecule has 0 atom stereocenters. The van der Waals surface area contributed by atoms with Crippen LogP contribution in [-0.4, -0.2) is 34.9 Å². The van der Waals surface area contributed by atoms with Gasteiger partial charge in [0.1, 0.15) is 0 Å². The molecule has 32 heavy (non-hydrogen) atoms. The SMILES string of the molecule is CN(C(=O)c1ccc(-c2ccccc2)cc1)N(C)c1nc(-c2ccc([N+](=O)[O-])cc2)cs1. The Morgan fingerprint density at radius 2 is 1.47 bits per heavy atom. The van der Waals surface area contributed by atoms with Crippen LogP contribution in [0, 0.1) is 10.1 Å². The molecule has 8 heteroatoms. The van der Waals surface area contributed by atoms with Gasteiger partial charge in [0.25, 0.3) is 11.6 Å². The third-order valence-corrected chi connectivity index (χ3v) is 6.03. The van der Waals surface area contributed by atoms with Crippen molar-refractivity contribution in [2.75, 3.05) is 19.1 Å². The maximum absolute atomic E-state index is 13.0. The number of non-ortho nitro benzene ring substituents is 1. The molecule has 160 valence electrons. The number of carbonyl (C=O) groups excluding carboxylic acids is 1. The lowest BCUT2D eigenvalue weighted by atomic mass is 10.0. The summed E-state index contributed by atoms with van der Waals surface area (Å²) in [5.74, 6) is -0.154. The molecule has 3 aromatic carbocycles. The first-order valence-electron chi connectivity index (χ1n) is 9.81. The van der Waals surface area contributed by atoms with E-state index in [1.165, 1.54) is 28.5 Å². The van der Waals surface area contributed by atoms with Crippen molar-refractivity contribution < 1.29 is 9.72 Å². The lowest BCUT2D eigenvalue weighted by Gasteiger charge is -2.27. The van der Waals surface area contributed by atoms with Gasteiger partial charge in [0.2, 0.25) is 5.13 Å². The summed E-state index contributed by atoms with van der Waals surface area (Å²) < 4.78 is 0. The first kappa shape index (κ1) is 21.2. The number of hydrogen-bond donors (Lipinski definition) is 0. The van der Waals surface area contributed by atoms with Crippen molar-refractivity contribution in [2.45, 2.75) is 0 Å². The van der Waals surface area contributed by atoms with Gasteiger partial charge in [-0.05, 0) is 35.4 Å². The fraction of sp³-hybridized carbons (Fsp3) is 0.0833. The van der Waals surface area contributed by atoms with Crippen molar-refractivity contribution in [1.29, 1.82) is 0 Å². The van der Waals surface area contributed by atoms with Gasteiger partial charge in [0, 0.05) is 42.7 Å². The van der Waals surface area contributed by atoms with Gasteiger partial charge in [-0.15, -0.1) is 11.3 Å². The van der Waals surface area contributed by atoms with Crippen molar-refractivity contribution >= 4 is 28.1 Å². The minimum Gasteiger partial charge on any atom is -0.267 e. The highest BCUT2D eigenvalue weighted by molar-refractivity contribution is 7.14. The summed E-state index contributed by atoms with van der Waals surface area (Å²) in [4.78, 5) is 28.0. The standard InChI is InChI=1S/C24H20N4O3S/c1-26(23(29)20-10-8-18(9-11-20)17-6-4-3-5-7-17)27(2)24-25-22(16-32-24)19-12-14-21(15-13-19)28(30)31/h3-16H,1-2H3. The number of carbonyl (C=O) groups is 1. The highest BCUT2D eigenvalue weighted by Gasteiger charge is 2.19. The van der Waals surface area contributed by atoms with Crippen molar-refractivity contribution in [3.8, 4) is 22.4 Å². The highest BCUT2D eigenvalue weighted by atomic mass is 32.1. The fourth-order valence-corrected chi connectivity index (χ4v) is 4.02. The van der Waals surface area contributed by atoms with E-state index in [9.17, 15) is 14.9 Å². The number of hydrazine groups is 1. The second-order valence-electron chi connectivity index (χ2n) is 7.12. The number of rotatable bonds is 6. The second-order valence-corrected chi connectivity index (χ2v) is 7.95. The Kier molecular flexibility index (Phi) is 5.96. The summed E-state index contributed by atoms with van der Waals surface area (Å²) in [6.45, 7) is 0. The molecular formula is C24H20N4O3S. The van der Waals surface area contributed by atoms with Crippen molar-refractivity contribution in [1.82, 2.24) is 9.99 Å². The zero-order valence-corrected chi connectivity index (χ0v) is 18.3. The number of thiazole rings is 1. The number of nitro benzene ring substituents is 1. The molecule has 0 saturated carbocycles. The number of anilines is 1. The average molecular weight is 445 g/mol. The molecule has 7 nitrogen and oxygen atoms in total. The van der Waals surface area contributed by atoms with E-state index < -0.39 is 4.92 Å². The molecule has 0 aliphatic carbocycles. The van der Waals surface area contributed by atoms with Gasteiger partial charge in [-0.25, -0.2) is 4.98 Å². The van der Waals surface area contributed by atoms with Gasteiger partial charge in [0.05, 0.1) is 10.6 Å². The molecule has 0 aliphatic heterocycles. The van der Waals surface area contributed by atoms with E-state index in [-0.39, 0.29) is 11.6 Å². The fourth-order valence-electron chi connectivity index (χ4n) is 3.19. The molecule has 1 amide bonds. The van der Waals surface area contributed by atoms with Crippen molar-refractivity contribution in [3.63, 3.8) is 0 Å². The predicted molar refractivity (Wildman–Crippen MR) is 127 cm³/mol. The topological polar surface area (TPSA) is 79.6 Å². The summed E-state index contributed by atoms with van der Waals surface area (Å²) in [6, 6.07) is 23.7. The summed E-state index contributed by atoms with van der Waals surface area (Å²) in [6.07, 6.45) is 0. The number of benzene rings is 3. The predicted octanol–water partition coefficient (Wildman–Crippen LogP) is 5.51. The van der Waals surface area contributed by atoms with Crippen LogP contribution in [0.15, 0.2) is 84.2 Å². The Balaban J connectivity index is 1.48. The van der Waals surface area contributed by atoms with Crippen LogP contribution in [0.1, 0.15) is 10.4 Å². The minimum absolute atomic E-state index is 0.0323. The van der Waals surface area contributed by atoms with Crippen LogP contribution in [0.5, 0.6) is 0 Å².